The van der Waals surface area contributed by atoms with Crippen molar-refractivity contribution in [2.24, 2.45) is 0 Å². The highest BCUT2D eigenvalue weighted by molar-refractivity contribution is 7.89. The number of nitrogens with zero attached hydrogens (tertiary/aromatic N) is 1. The molecular weight excluding hydrogens is 286 g/mol. The van der Waals surface area contributed by atoms with E-state index in [0.717, 1.165) is 25.2 Å². The van der Waals surface area contributed by atoms with Crippen molar-refractivity contribution in [2.75, 3.05) is 25.4 Å². The summed E-state index contributed by atoms with van der Waals surface area (Å²) in [7, 11) is -3.52. The summed E-state index contributed by atoms with van der Waals surface area (Å²) in [6.45, 7) is 6.73. The van der Waals surface area contributed by atoms with E-state index in [1.807, 2.05) is 13.8 Å². The number of aryl methyl sites for hydroxylation is 1. The molecule has 1 unspecified atom stereocenters. The van der Waals surface area contributed by atoms with Gasteiger partial charge in [-0.25, -0.2) is 13.1 Å². The van der Waals surface area contributed by atoms with E-state index in [0.29, 0.717) is 17.0 Å². The topological polar surface area (TPSA) is 75.4 Å². The SMILES string of the molecule is CCc1ccc(N)cc1S(=O)(=O)NC(C)CN1CCCC1. The summed E-state index contributed by atoms with van der Waals surface area (Å²) in [6.07, 6.45) is 3.07. The fraction of sp³-hybridized carbons (Fsp3) is 0.600. The second-order valence-electron chi connectivity index (χ2n) is 5.75. The molecule has 1 aliphatic heterocycles. The second-order valence-corrected chi connectivity index (χ2v) is 7.43. The number of anilines is 1. The fourth-order valence-electron chi connectivity index (χ4n) is 2.83. The second kappa shape index (κ2) is 6.77. The molecular formula is C15H25N3O2S. The molecule has 0 radical (unpaired) electrons. The monoisotopic (exact) mass is 311 g/mol. The molecule has 21 heavy (non-hydrogen) atoms. The molecule has 1 aromatic rings. The molecule has 0 saturated carbocycles. The Morgan fingerprint density at radius 1 is 1.33 bits per heavy atom. The maximum absolute atomic E-state index is 12.6. The Hall–Kier alpha value is -1.11. The zero-order valence-corrected chi connectivity index (χ0v) is 13.6. The highest BCUT2D eigenvalue weighted by Gasteiger charge is 2.22. The van der Waals surface area contributed by atoms with E-state index in [2.05, 4.69) is 9.62 Å². The molecule has 1 saturated heterocycles. The van der Waals surface area contributed by atoms with Crippen molar-refractivity contribution in [1.82, 2.24) is 9.62 Å². The Labute approximate surface area is 127 Å². The first-order valence-corrected chi connectivity index (χ1v) is 9.04. The fourth-order valence-corrected chi connectivity index (χ4v) is 4.41. The van der Waals surface area contributed by atoms with Crippen LogP contribution in [0.3, 0.4) is 0 Å². The van der Waals surface area contributed by atoms with Gasteiger partial charge in [-0.3, -0.25) is 0 Å². The first-order valence-electron chi connectivity index (χ1n) is 7.55. The summed E-state index contributed by atoms with van der Waals surface area (Å²) < 4.78 is 27.9. The molecule has 118 valence electrons. The van der Waals surface area contributed by atoms with Gasteiger partial charge >= 0.3 is 0 Å². The molecule has 1 aliphatic rings. The van der Waals surface area contributed by atoms with Crippen LogP contribution in [0.25, 0.3) is 0 Å². The minimum Gasteiger partial charge on any atom is -0.399 e. The third kappa shape index (κ3) is 4.18. The Morgan fingerprint density at radius 3 is 2.62 bits per heavy atom. The Bertz CT molecular complexity index is 581. The lowest BCUT2D eigenvalue weighted by Crippen LogP contribution is -2.41. The van der Waals surface area contributed by atoms with Gasteiger partial charge in [0.2, 0.25) is 10.0 Å². The molecule has 0 spiro atoms. The van der Waals surface area contributed by atoms with Crippen molar-refractivity contribution in [2.45, 2.75) is 44.0 Å². The Morgan fingerprint density at radius 2 is 2.00 bits per heavy atom. The van der Waals surface area contributed by atoms with Crippen LogP contribution in [0, 0.1) is 0 Å². The van der Waals surface area contributed by atoms with E-state index >= 15 is 0 Å². The summed E-state index contributed by atoms with van der Waals surface area (Å²) in [5, 5.41) is 0. The van der Waals surface area contributed by atoms with Crippen molar-refractivity contribution < 1.29 is 8.42 Å². The van der Waals surface area contributed by atoms with E-state index in [-0.39, 0.29) is 6.04 Å². The van der Waals surface area contributed by atoms with Crippen molar-refractivity contribution in [3.63, 3.8) is 0 Å². The van der Waals surface area contributed by atoms with Gasteiger partial charge < -0.3 is 10.6 Å². The van der Waals surface area contributed by atoms with Gasteiger partial charge in [-0.1, -0.05) is 13.0 Å². The van der Waals surface area contributed by atoms with Crippen LogP contribution in [0.5, 0.6) is 0 Å². The summed E-state index contributed by atoms with van der Waals surface area (Å²) in [6, 6.07) is 4.96. The third-order valence-corrected chi connectivity index (χ3v) is 5.52. The quantitative estimate of drug-likeness (QED) is 0.782. The third-order valence-electron chi connectivity index (χ3n) is 3.85. The smallest absolute Gasteiger partial charge is 0.241 e. The molecule has 0 amide bonds. The predicted molar refractivity (Wildman–Crippen MR) is 85.7 cm³/mol. The average molecular weight is 311 g/mol. The number of rotatable bonds is 6. The van der Waals surface area contributed by atoms with Gasteiger partial charge in [0, 0.05) is 18.3 Å². The molecule has 0 aliphatic carbocycles. The number of nitrogens with one attached hydrogen (secondary N) is 1. The first-order chi connectivity index (χ1) is 9.92. The van der Waals surface area contributed by atoms with Gasteiger partial charge in [0.25, 0.3) is 0 Å². The Kier molecular flexibility index (Phi) is 5.24. The lowest BCUT2D eigenvalue weighted by Gasteiger charge is -2.21. The van der Waals surface area contributed by atoms with Crippen LogP contribution in [0.15, 0.2) is 23.1 Å². The molecule has 1 atom stereocenters. The molecule has 1 aromatic carbocycles. The highest BCUT2D eigenvalue weighted by Crippen LogP contribution is 2.20. The lowest BCUT2D eigenvalue weighted by molar-refractivity contribution is 0.312. The number of hydrogen-bond donors (Lipinski definition) is 2. The summed E-state index contributed by atoms with van der Waals surface area (Å²) >= 11 is 0. The van der Waals surface area contributed by atoms with Gasteiger partial charge in [-0.2, -0.15) is 0 Å². The Balaban J connectivity index is 2.12. The van der Waals surface area contributed by atoms with Crippen LogP contribution in [0.1, 0.15) is 32.3 Å². The van der Waals surface area contributed by atoms with Crippen LogP contribution in [0.2, 0.25) is 0 Å². The molecule has 1 heterocycles. The van der Waals surface area contributed by atoms with Gasteiger partial charge in [-0.15, -0.1) is 0 Å². The number of likely N-dealkylation sites (tertiary alicyclic amines) is 1. The predicted octanol–water partition coefficient (Wildman–Crippen LogP) is 1.59. The number of hydrogen-bond acceptors (Lipinski definition) is 4. The molecule has 0 aromatic heterocycles. The van der Waals surface area contributed by atoms with Crippen LogP contribution in [-0.4, -0.2) is 39.0 Å². The van der Waals surface area contributed by atoms with Crippen molar-refractivity contribution in [3.8, 4) is 0 Å². The maximum Gasteiger partial charge on any atom is 0.241 e. The van der Waals surface area contributed by atoms with Crippen LogP contribution >= 0.6 is 0 Å². The van der Waals surface area contributed by atoms with Gasteiger partial charge in [-0.05, 0) is 57.0 Å². The van der Waals surface area contributed by atoms with Crippen LogP contribution in [-0.2, 0) is 16.4 Å². The largest absolute Gasteiger partial charge is 0.399 e. The van der Waals surface area contributed by atoms with Crippen molar-refractivity contribution in [3.05, 3.63) is 23.8 Å². The van der Waals surface area contributed by atoms with E-state index in [4.69, 9.17) is 5.73 Å². The minimum atomic E-state index is -3.52. The first kappa shape index (κ1) is 16.3. The molecule has 3 N–H and O–H groups in total. The van der Waals surface area contributed by atoms with Gasteiger partial charge in [0.15, 0.2) is 0 Å². The number of sulfonamides is 1. The van der Waals surface area contributed by atoms with Crippen molar-refractivity contribution in [1.29, 1.82) is 0 Å². The molecule has 5 nitrogen and oxygen atoms in total. The number of nitrogen functional groups attached to an aromatic ring is 1. The number of benzene rings is 1. The van der Waals surface area contributed by atoms with E-state index < -0.39 is 10.0 Å². The zero-order chi connectivity index (χ0) is 15.5. The molecule has 2 rings (SSSR count). The normalized spacial score (nSPS) is 18.0. The van der Waals surface area contributed by atoms with E-state index in [1.165, 1.54) is 12.8 Å². The van der Waals surface area contributed by atoms with Gasteiger partial charge in [0.1, 0.15) is 0 Å². The minimum absolute atomic E-state index is 0.112. The maximum atomic E-state index is 12.6. The van der Waals surface area contributed by atoms with E-state index in [1.54, 1.807) is 18.2 Å². The van der Waals surface area contributed by atoms with Gasteiger partial charge in [0.05, 0.1) is 4.90 Å². The molecule has 0 bridgehead atoms. The summed E-state index contributed by atoms with van der Waals surface area (Å²) in [4.78, 5) is 2.60. The zero-order valence-electron chi connectivity index (χ0n) is 12.8. The highest BCUT2D eigenvalue weighted by atomic mass is 32.2. The molecule has 6 heteroatoms. The summed E-state index contributed by atoms with van der Waals surface area (Å²) in [5.74, 6) is 0. The van der Waals surface area contributed by atoms with Crippen LogP contribution < -0.4 is 10.5 Å². The standard InChI is InChI=1S/C15H25N3O2S/c1-3-13-6-7-14(16)10-15(13)21(19,20)17-12(2)11-18-8-4-5-9-18/h6-7,10,12,17H,3-5,8-9,11,16H2,1-2H3. The number of nitrogens with two attached hydrogens (primary N) is 1. The van der Waals surface area contributed by atoms with Crippen molar-refractivity contribution >= 4 is 15.7 Å². The van der Waals surface area contributed by atoms with E-state index in [9.17, 15) is 8.42 Å². The van der Waals surface area contributed by atoms with Crippen LogP contribution in [0.4, 0.5) is 5.69 Å². The lowest BCUT2D eigenvalue weighted by atomic mass is 10.1. The molecule has 1 fully saturated rings. The summed E-state index contributed by atoms with van der Waals surface area (Å²) in [5.41, 5.74) is 7.01. The average Bonchev–Trinajstić information content (AvgIpc) is 2.90.